The molecule has 1 unspecified atom stereocenters. The van der Waals surface area contributed by atoms with Gasteiger partial charge in [0.05, 0.1) is 5.02 Å². The largest absolute Gasteiger partial charge is 0.345 e. The fourth-order valence-corrected chi connectivity index (χ4v) is 5.34. The molecule has 1 amide bonds. The minimum Gasteiger partial charge on any atom is -0.345 e. The van der Waals surface area contributed by atoms with Crippen LogP contribution in [0.3, 0.4) is 0 Å². The SMILES string of the molecule is CN(C)C(=O)c1ccc(Cl)c(S(=O)(=O)NC2CC(C)(C)c3ccccc32)c1. The van der Waals surface area contributed by atoms with Crippen LogP contribution in [0.4, 0.5) is 0 Å². The van der Waals surface area contributed by atoms with Crippen molar-refractivity contribution in [2.24, 2.45) is 0 Å². The van der Waals surface area contributed by atoms with E-state index in [1.807, 2.05) is 24.3 Å². The zero-order chi connectivity index (χ0) is 20.0. The number of nitrogens with one attached hydrogen (secondary N) is 1. The first-order chi connectivity index (χ1) is 12.5. The maximum absolute atomic E-state index is 13.1. The molecular formula is C20H23ClN2O3S. The van der Waals surface area contributed by atoms with E-state index in [2.05, 4.69) is 18.6 Å². The second-order valence-electron chi connectivity index (χ2n) is 7.69. The molecule has 27 heavy (non-hydrogen) atoms. The Morgan fingerprint density at radius 2 is 1.85 bits per heavy atom. The van der Waals surface area contributed by atoms with Gasteiger partial charge in [-0.25, -0.2) is 13.1 Å². The quantitative estimate of drug-likeness (QED) is 0.840. The van der Waals surface area contributed by atoms with Crippen molar-refractivity contribution < 1.29 is 13.2 Å². The Balaban J connectivity index is 1.97. The molecule has 0 bridgehead atoms. The van der Waals surface area contributed by atoms with Crippen molar-refractivity contribution in [2.75, 3.05) is 14.1 Å². The van der Waals surface area contributed by atoms with Gasteiger partial charge in [0.2, 0.25) is 10.0 Å². The first-order valence-electron chi connectivity index (χ1n) is 8.66. The van der Waals surface area contributed by atoms with Crippen LogP contribution in [0.15, 0.2) is 47.4 Å². The van der Waals surface area contributed by atoms with Gasteiger partial charge in [0, 0.05) is 25.7 Å². The van der Waals surface area contributed by atoms with Gasteiger partial charge < -0.3 is 4.90 Å². The van der Waals surface area contributed by atoms with Crippen LogP contribution >= 0.6 is 11.6 Å². The van der Waals surface area contributed by atoms with E-state index in [1.54, 1.807) is 14.1 Å². The number of carbonyl (C=O) groups excluding carboxylic acids is 1. The number of sulfonamides is 1. The molecule has 0 aliphatic heterocycles. The molecule has 0 spiro atoms. The molecule has 3 rings (SSSR count). The smallest absolute Gasteiger partial charge is 0.253 e. The maximum atomic E-state index is 13.1. The lowest BCUT2D eigenvalue weighted by atomic mass is 9.87. The van der Waals surface area contributed by atoms with Crippen molar-refractivity contribution in [2.45, 2.75) is 36.6 Å². The summed E-state index contributed by atoms with van der Waals surface area (Å²) < 4.78 is 28.9. The molecule has 0 radical (unpaired) electrons. The number of amides is 1. The number of nitrogens with zero attached hydrogens (tertiary/aromatic N) is 1. The molecule has 0 heterocycles. The Morgan fingerprint density at radius 3 is 2.52 bits per heavy atom. The summed E-state index contributed by atoms with van der Waals surface area (Å²) in [5.41, 5.74) is 2.26. The van der Waals surface area contributed by atoms with Crippen molar-refractivity contribution in [3.05, 3.63) is 64.2 Å². The summed E-state index contributed by atoms with van der Waals surface area (Å²) in [6.07, 6.45) is 0.652. The second kappa shape index (κ2) is 6.93. The number of halogens is 1. The molecule has 0 aromatic heterocycles. The third kappa shape index (κ3) is 3.74. The number of rotatable bonds is 4. The lowest BCUT2D eigenvalue weighted by Crippen LogP contribution is -2.29. The van der Waals surface area contributed by atoms with E-state index in [4.69, 9.17) is 11.6 Å². The summed E-state index contributed by atoms with van der Waals surface area (Å²) in [4.78, 5) is 13.5. The van der Waals surface area contributed by atoms with E-state index >= 15 is 0 Å². The first kappa shape index (κ1) is 19.9. The minimum atomic E-state index is -3.90. The van der Waals surface area contributed by atoms with Crippen LogP contribution in [-0.2, 0) is 15.4 Å². The highest BCUT2D eigenvalue weighted by Crippen LogP contribution is 2.45. The summed E-state index contributed by atoms with van der Waals surface area (Å²) in [6.45, 7) is 4.20. The predicted octanol–water partition coefficient (Wildman–Crippen LogP) is 3.74. The zero-order valence-electron chi connectivity index (χ0n) is 15.8. The van der Waals surface area contributed by atoms with Crippen molar-refractivity contribution in [1.82, 2.24) is 9.62 Å². The van der Waals surface area contributed by atoms with Gasteiger partial charge in [0.1, 0.15) is 4.90 Å². The predicted molar refractivity (Wildman–Crippen MR) is 107 cm³/mol. The number of carbonyl (C=O) groups is 1. The zero-order valence-corrected chi connectivity index (χ0v) is 17.4. The molecule has 0 saturated heterocycles. The fraction of sp³-hybridized carbons (Fsp3) is 0.350. The molecule has 1 aliphatic carbocycles. The van der Waals surface area contributed by atoms with E-state index in [0.717, 1.165) is 11.1 Å². The van der Waals surface area contributed by atoms with Gasteiger partial charge in [-0.15, -0.1) is 0 Å². The Labute approximate surface area is 165 Å². The third-order valence-corrected chi connectivity index (χ3v) is 6.90. The molecule has 0 saturated carbocycles. The van der Waals surface area contributed by atoms with Gasteiger partial charge in [-0.1, -0.05) is 49.7 Å². The topological polar surface area (TPSA) is 66.5 Å². The van der Waals surface area contributed by atoms with Gasteiger partial charge in [0.15, 0.2) is 0 Å². The summed E-state index contributed by atoms with van der Waals surface area (Å²) in [5, 5.41) is 0.0864. The average Bonchev–Trinajstić information content (AvgIpc) is 2.84. The van der Waals surface area contributed by atoms with Crippen LogP contribution in [0.5, 0.6) is 0 Å². The van der Waals surface area contributed by atoms with E-state index < -0.39 is 10.0 Å². The van der Waals surface area contributed by atoms with E-state index in [9.17, 15) is 13.2 Å². The molecular weight excluding hydrogens is 384 g/mol. The van der Waals surface area contributed by atoms with E-state index in [-0.39, 0.29) is 32.8 Å². The van der Waals surface area contributed by atoms with Crippen molar-refractivity contribution in [1.29, 1.82) is 0 Å². The summed E-state index contributed by atoms with van der Waals surface area (Å²) in [6, 6.07) is 11.8. The van der Waals surface area contributed by atoms with Gasteiger partial charge >= 0.3 is 0 Å². The second-order valence-corrected chi connectivity index (χ2v) is 9.78. The monoisotopic (exact) mass is 406 g/mol. The fourth-order valence-electron chi connectivity index (χ4n) is 3.60. The Bertz CT molecular complexity index is 1000. The molecule has 144 valence electrons. The summed E-state index contributed by atoms with van der Waals surface area (Å²) in [5.74, 6) is -0.282. The van der Waals surface area contributed by atoms with Crippen LogP contribution in [0.1, 0.15) is 47.8 Å². The lowest BCUT2D eigenvalue weighted by Gasteiger charge is -2.20. The van der Waals surface area contributed by atoms with Crippen LogP contribution in [-0.4, -0.2) is 33.3 Å². The van der Waals surface area contributed by atoms with E-state index in [1.165, 1.54) is 23.1 Å². The molecule has 1 atom stereocenters. The highest BCUT2D eigenvalue weighted by Gasteiger charge is 2.38. The van der Waals surface area contributed by atoms with E-state index in [0.29, 0.717) is 6.42 Å². The molecule has 2 aromatic carbocycles. The van der Waals surface area contributed by atoms with Crippen molar-refractivity contribution in [3.63, 3.8) is 0 Å². The van der Waals surface area contributed by atoms with Gasteiger partial charge in [-0.3, -0.25) is 4.79 Å². The maximum Gasteiger partial charge on any atom is 0.253 e. The molecule has 5 nitrogen and oxygen atoms in total. The van der Waals surface area contributed by atoms with Crippen molar-refractivity contribution in [3.8, 4) is 0 Å². The number of fused-ring (bicyclic) bond motifs is 1. The van der Waals surface area contributed by atoms with Crippen LogP contribution in [0.25, 0.3) is 0 Å². The van der Waals surface area contributed by atoms with Crippen LogP contribution in [0, 0.1) is 0 Å². The van der Waals surface area contributed by atoms with Gasteiger partial charge in [0.25, 0.3) is 5.91 Å². The van der Waals surface area contributed by atoms with Gasteiger partial charge in [-0.05, 0) is 41.2 Å². The number of benzene rings is 2. The van der Waals surface area contributed by atoms with Crippen LogP contribution in [0.2, 0.25) is 5.02 Å². The molecule has 7 heteroatoms. The standard InChI is InChI=1S/C20H23ClN2O3S/c1-20(2)12-17(14-7-5-6-8-15(14)20)22-27(25,26)18-11-13(9-10-16(18)21)19(24)23(3)4/h5-11,17,22H,12H2,1-4H3. The number of hydrogen-bond donors (Lipinski definition) is 1. The van der Waals surface area contributed by atoms with Crippen LogP contribution < -0.4 is 4.72 Å². The Morgan fingerprint density at radius 1 is 1.19 bits per heavy atom. The Kier molecular flexibility index (Phi) is 5.10. The highest BCUT2D eigenvalue weighted by atomic mass is 35.5. The summed E-state index contributed by atoms with van der Waals surface area (Å²) >= 11 is 6.16. The molecule has 1 aliphatic rings. The minimum absolute atomic E-state index is 0.0842. The normalized spacial score (nSPS) is 18.2. The number of hydrogen-bond acceptors (Lipinski definition) is 3. The molecule has 1 N–H and O–H groups in total. The molecule has 0 fully saturated rings. The molecule has 2 aromatic rings. The first-order valence-corrected chi connectivity index (χ1v) is 10.5. The third-order valence-electron chi connectivity index (χ3n) is 4.95. The summed E-state index contributed by atoms with van der Waals surface area (Å²) in [7, 11) is -0.678. The van der Waals surface area contributed by atoms with Gasteiger partial charge in [-0.2, -0.15) is 0 Å². The lowest BCUT2D eigenvalue weighted by molar-refractivity contribution is 0.0827. The average molecular weight is 407 g/mol. The highest BCUT2D eigenvalue weighted by molar-refractivity contribution is 7.89. The Hall–Kier alpha value is -1.89. The van der Waals surface area contributed by atoms with Crippen molar-refractivity contribution >= 4 is 27.5 Å².